The van der Waals surface area contributed by atoms with Gasteiger partial charge in [0.05, 0.1) is 11.0 Å². The number of likely N-dealkylation sites (N-methyl/N-ethyl adjacent to an activating group) is 1. The topological polar surface area (TPSA) is 49.8 Å². The van der Waals surface area contributed by atoms with Gasteiger partial charge in [-0.15, -0.1) is 0 Å². The van der Waals surface area contributed by atoms with Crippen molar-refractivity contribution < 1.29 is 14.6 Å². The molecule has 2 fully saturated rings. The molecule has 4 atom stereocenters. The molecule has 1 saturated heterocycles. The van der Waals surface area contributed by atoms with Gasteiger partial charge in [0.1, 0.15) is 5.75 Å². The van der Waals surface area contributed by atoms with Crippen LogP contribution in [-0.4, -0.2) is 47.1 Å². The summed E-state index contributed by atoms with van der Waals surface area (Å²) in [5.74, 6) is 0.987. The van der Waals surface area contributed by atoms with Gasteiger partial charge in [0.25, 0.3) is 0 Å². The first kappa shape index (κ1) is 12.2. The number of hydrogen-bond donors (Lipinski definition) is 1. The average molecular weight is 285 g/mol. The van der Waals surface area contributed by atoms with Crippen LogP contribution in [0.2, 0.25) is 0 Å². The number of aliphatic hydroxyl groups is 1. The zero-order valence-electron chi connectivity index (χ0n) is 12.1. The fourth-order valence-electron chi connectivity index (χ4n) is 5.50. The number of ketones is 1. The highest BCUT2D eigenvalue weighted by Crippen LogP contribution is 2.62. The number of carbonyl (C=O) groups is 1. The Kier molecular flexibility index (Phi) is 2.03. The lowest BCUT2D eigenvalue weighted by molar-refractivity contribution is -0.185. The molecule has 4 aliphatic rings. The Morgan fingerprint density at radius 1 is 1.38 bits per heavy atom. The molecule has 2 aliphatic carbocycles. The summed E-state index contributed by atoms with van der Waals surface area (Å²) in [5, 5.41) is 11.6. The summed E-state index contributed by atoms with van der Waals surface area (Å²) in [4.78, 5) is 14.8. The van der Waals surface area contributed by atoms with Crippen molar-refractivity contribution in [3.63, 3.8) is 0 Å². The molecular formula is C17H19NO3. The van der Waals surface area contributed by atoms with Gasteiger partial charge in [-0.2, -0.15) is 0 Å². The van der Waals surface area contributed by atoms with Gasteiger partial charge in [-0.3, -0.25) is 4.79 Å². The van der Waals surface area contributed by atoms with E-state index in [0.29, 0.717) is 12.8 Å². The molecule has 2 aliphatic heterocycles. The Morgan fingerprint density at radius 2 is 2.24 bits per heavy atom. The third-order valence-corrected chi connectivity index (χ3v) is 6.42. The number of Topliss-reactive ketones (excluding diaryl/α,β-unsaturated/α-hetero) is 1. The minimum atomic E-state index is -0.835. The maximum Gasteiger partial charge on any atom is 0.174 e. The number of nitrogens with zero attached hydrogens (tertiary/aromatic N) is 1. The summed E-state index contributed by atoms with van der Waals surface area (Å²) in [5.41, 5.74) is 1.04. The van der Waals surface area contributed by atoms with E-state index in [0.717, 1.165) is 30.7 Å². The van der Waals surface area contributed by atoms with Crippen LogP contribution >= 0.6 is 0 Å². The SMILES string of the molecule is CN1CCC23c4c5cccc4OC2C(=O)CCC3(O)C1C5. The van der Waals surface area contributed by atoms with E-state index in [9.17, 15) is 9.90 Å². The second-order valence-electron chi connectivity index (χ2n) is 7.10. The summed E-state index contributed by atoms with van der Waals surface area (Å²) < 4.78 is 6.06. The van der Waals surface area contributed by atoms with Crippen LogP contribution in [0.4, 0.5) is 0 Å². The molecule has 0 aromatic heterocycles. The first-order valence-corrected chi connectivity index (χ1v) is 7.82. The van der Waals surface area contributed by atoms with E-state index in [1.54, 1.807) is 0 Å². The largest absolute Gasteiger partial charge is 0.481 e. The Balaban J connectivity index is 1.87. The predicted octanol–water partition coefficient (Wildman–Crippen LogP) is 1.04. The molecule has 1 spiro atoms. The molecule has 2 heterocycles. The number of benzene rings is 1. The third kappa shape index (κ3) is 1.12. The normalized spacial score (nSPS) is 43.4. The Labute approximate surface area is 123 Å². The molecule has 4 nitrogen and oxygen atoms in total. The van der Waals surface area contributed by atoms with Crippen molar-refractivity contribution in [2.24, 2.45) is 0 Å². The molecule has 0 radical (unpaired) electrons. The number of rotatable bonds is 0. The molecule has 5 rings (SSSR count). The van der Waals surface area contributed by atoms with Crippen LogP contribution in [0, 0.1) is 0 Å². The van der Waals surface area contributed by atoms with Crippen LogP contribution in [0.15, 0.2) is 18.2 Å². The number of ether oxygens (including phenoxy) is 1. The standard InChI is InChI=1S/C17H19NO3/c1-18-8-7-16-14-10-3-2-4-12(14)21-15(16)11(19)5-6-17(16,20)13(18)9-10/h2-4,13,15,20H,5-9H2,1H3. The van der Waals surface area contributed by atoms with E-state index in [-0.39, 0.29) is 11.8 Å². The molecule has 1 aromatic carbocycles. The van der Waals surface area contributed by atoms with Gasteiger partial charge in [0.2, 0.25) is 0 Å². The van der Waals surface area contributed by atoms with Gasteiger partial charge in [-0.25, -0.2) is 0 Å². The summed E-state index contributed by atoms with van der Waals surface area (Å²) >= 11 is 0. The highest BCUT2D eigenvalue weighted by molar-refractivity contribution is 5.89. The minimum absolute atomic E-state index is 0.0892. The summed E-state index contributed by atoms with van der Waals surface area (Å²) in [6.07, 6.45) is 2.16. The second-order valence-corrected chi connectivity index (χ2v) is 7.10. The highest BCUT2D eigenvalue weighted by atomic mass is 16.5. The fraction of sp³-hybridized carbons (Fsp3) is 0.588. The van der Waals surface area contributed by atoms with E-state index in [1.165, 1.54) is 5.56 Å². The van der Waals surface area contributed by atoms with Crippen LogP contribution in [0.1, 0.15) is 30.4 Å². The number of piperidine rings is 1. The molecule has 0 amide bonds. The smallest absolute Gasteiger partial charge is 0.174 e. The van der Waals surface area contributed by atoms with Gasteiger partial charge >= 0.3 is 0 Å². The van der Waals surface area contributed by atoms with E-state index < -0.39 is 17.1 Å². The summed E-state index contributed by atoms with van der Waals surface area (Å²) in [6.45, 7) is 0.911. The number of likely N-dealkylation sites (tertiary alicyclic amines) is 1. The molecule has 2 bridgehead atoms. The van der Waals surface area contributed by atoms with Crippen molar-refractivity contribution in [2.45, 2.75) is 48.8 Å². The Bertz CT molecular complexity index is 672. The Morgan fingerprint density at radius 3 is 3.10 bits per heavy atom. The average Bonchev–Trinajstić information content (AvgIpc) is 2.81. The van der Waals surface area contributed by atoms with Gasteiger partial charge in [0, 0.05) is 18.0 Å². The molecular weight excluding hydrogens is 266 g/mol. The first-order valence-electron chi connectivity index (χ1n) is 7.82. The first-order chi connectivity index (χ1) is 10.1. The lowest BCUT2D eigenvalue weighted by atomic mass is 9.49. The summed E-state index contributed by atoms with van der Waals surface area (Å²) in [6, 6.07) is 6.19. The number of hydrogen-bond acceptors (Lipinski definition) is 4. The lowest BCUT2D eigenvalue weighted by Crippen LogP contribution is -2.76. The van der Waals surface area contributed by atoms with Crippen molar-refractivity contribution in [3.05, 3.63) is 29.3 Å². The van der Waals surface area contributed by atoms with Crippen LogP contribution in [0.25, 0.3) is 0 Å². The van der Waals surface area contributed by atoms with Crippen LogP contribution in [-0.2, 0) is 16.6 Å². The van der Waals surface area contributed by atoms with Crippen LogP contribution < -0.4 is 4.74 Å². The van der Waals surface area contributed by atoms with Crippen LogP contribution in [0.5, 0.6) is 5.75 Å². The van der Waals surface area contributed by atoms with Crippen molar-refractivity contribution >= 4 is 5.78 Å². The zero-order valence-corrected chi connectivity index (χ0v) is 12.1. The van der Waals surface area contributed by atoms with E-state index in [2.05, 4.69) is 18.0 Å². The van der Waals surface area contributed by atoms with Crippen LogP contribution in [0.3, 0.4) is 0 Å². The third-order valence-electron chi connectivity index (χ3n) is 6.42. The molecule has 1 saturated carbocycles. The number of carbonyl (C=O) groups excluding carboxylic acids is 1. The monoisotopic (exact) mass is 285 g/mol. The van der Waals surface area contributed by atoms with E-state index in [4.69, 9.17) is 4.74 Å². The lowest BCUT2D eigenvalue weighted by Gasteiger charge is -2.62. The predicted molar refractivity (Wildman–Crippen MR) is 76.5 cm³/mol. The highest BCUT2D eigenvalue weighted by Gasteiger charge is 2.72. The van der Waals surface area contributed by atoms with Gasteiger partial charge in [-0.1, -0.05) is 12.1 Å². The van der Waals surface area contributed by atoms with Crippen molar-refractivity contribution in [1.82, 2.24) is 4.90 Å². The van der Waals surface area contributed by atoms with Crippen molar-refractivity contribution in [2.75, 3.05) is 13.6 Å². The molecule has 21 heavy (non-hydrogen) atoms. The molecule has 110 valence electrons. The summed E-state index contributed by atoms with van der Waals surface area (Å²) in [7, 11) is 2.09. The van der Waals surface area contributed by atoms with E-state index in [1.807, 2.05) is 12.1 Å². The second kappa shape index (κ2) is 3.50. The molecule has 4 unspecified atom stereocenters. The van der Waals surface area contributed by atoms with Gasteiger partial charge < -0.3 is 14.7 Å². The van der Waals surface area contributed by atoms with Crippen molar-refractivity contribution in [3.8, 4) is 5.75 Å². The molecule has 4 heteroatoms. The van der Waals surface area contributed by atoms with E-state index >= 15 is 0 Å². The van der Waals surface area contributed by atoms with Gasteiger partial charge in [-0.05, 0) is 44.5 Å². The van der Waals surface area contributed by atoms with Crippen molar-refractivity contribution in [1.29, 1.82) is 0 Å². The van der Waals surface area contributed by atoms with Gasteiger partial charge in [0.15, 0.2) is 11.9 Å². The minimum Gasteiger partial charge on any atom is -0.481 e. The quantitative estimate of drug-likeness (QED) is 0.774. The zero-order chi connectivity index (χ0) is 14.4. The Hall–Kier alpha value is -1.39. The maximum atomic E-state index is 12.5. The molecule has 1 aromatic rings. The molecule has 1 N–H and O–H groups in total. The fourth-order valence-corrected chi connectivity index (χ4v) is 5.50. The maximum absolute atomic E-state index is 12.5.